The summed E-state index contributed by atoms with van der Waals surface area (Å²) in [5.74, 6) is 0. The summed E-state index contributed by atoms with van der Waals surface area (Å²) < 4.78 is 0. The van der Waals surface area contributed by atoms with Gasteiger partial charge in [0, 0.05) is 35.4 Å². The summed E-state index contributed by atoms with van der Waals surface area (Å²) in [6.45, 7) is 0. The predicted molar refractivity (Wildman–Crippen MR) is 107 cm³/mol. The SMILES string of the molecule is O=c1c([C@H](O)c2ccc([N+](=O)[O-])cc2)ccccc1[C@H](O)c1ccc([N+](=O)[O-])cc1. The van der Waals surface area contributed by atoms with Crippen LogP contribution in [0.1, 0.15) is 34.5 Å². The molecule has 3 rings (SSSR count). The van der Waals surface area contributed by atoms with Gasteiger partial charge in [-0.3, -0.25) is 25.0 Å². The Morgan fingerprint density at radius 3 is 1.27 bits per heavy atom. The summed E-state index contributed by atoms with van der Waals surface area (Å²) in [7, 11) is 0. The summed E-state index contributed by atoms with van der Waals surface area (Å²) in [5, 5.41) is 42.9. The Hall–Kier alpha value is -3.95. The largest absolute Gasteiger partial charge is 0.384 e. The van der Waals surface area contributed by atoms with Crippen LogP contribution in [0.4, 0.5) is 11.4 Å². The van der Waals surface area contributed by atoms with E-state index in [2.05, 4.69) is 0 Å². The molecule has 2 atom stereocenters. The maximum absolute atomic E-state index is 13.0. The zero-order chi connectivity index (χ0) is 21.8. The minimum atomic E-state index is -1.37. The Balaban J connectivity index is 1.99. The number of aliphatic hydroxyl groups excluding tert-OH is 2. The van der Waals surface area contributed by atoms with Crippen LogP contribution in [0.3, 0.4) is 0 Å². The quantitative estimate of drug-likeness (QED) is 0.471. The molecule has 0 bridgehead atoms. The molecule has 0 fully saturated rings. The summed E-state index contributed by atoms with van der Waals surface area (Å²) >= 11 is 0. The molecule has 0 spiro atoms. The fourth-order valence-electron chi connectivity index (χ4n) is 2.98. The van der Waals surface area contributed by atoms with Crippen molar-refractivity contribution in [1.82, 2.24) is 0 Å². The molecule has 0 amide bonds. The lowest BCUT2D eigenvalue weighted by Gasteiger charge is -2.13. The zero-order valence-electron chi connectivity index (χ0n) is 15.4. The third-order valence-electron chi connectivity index (χ3n) is 4.62. The third-order valence-corrected chi connectivity index (χ3v) is 4.62. The fraction of sp³-hybridized carbons (Fsp3) is 0.0952. The summed E-state index contributed by atoms with van der Waals surface area (Å²) in [6.07, 6.45) is -2.73. The second kappa shape index (κ2) is 8.60. The van der Waals surface area contributed by atoms with E-state index >= 15 is 0 Å². The van der Waals surface area contributed by atoms with Gasteiger partial charge in [-0.2, -0.15) is 0 Å². The third kappa shape index (κ3) is 4.22. The van der Waals surface area contributed by atoms with Gasteiger partial charge >= 0.3 is 0 Å². The molecule has 0 heterocycles. The van der Waals surface area contributed by atoms with Gasteiger partial charge in [-0.05, 0) is 35.4 Å². The molecule has 0 unspecified atom stereocenters. The minimum Gasteiger partial charge on any atom is -0.384 e. The maximum Gasteiger partial charge on any atom is 0.269 e. The lowest BCUT2D eigenvalue weighted by Crippen LogP contribution is -2.19. The van der Waals surface area contributed by atoms with Crippen molar-refractivity contribution in [3.8, 4) is 0 Å². The molecule has 0 saturated carbocycles. The molecule has 0 aliphatic heterocycles. The Morgan fingerprint density at radius 1 is 0.633 bits per heavy atom. The Bertz CT molecular complexity index is 1060. The highest BCUT2D eigenvalue weighted by molar-refractivity contribution is 5.40. The number of benzene rings is 2. The number of rotatable bonds is 6. The van der Waals surface area contributed by atoms with Crippen LogP contribution in [0.15, 0.2) is 77.6 Å². The van der Waals surface area contributed by atoms with Gasteiger partial charge in [0.15, 0.2) is 5.43 Å². The van der Waals surface area contributed by atoms with E-state index in [1.807, 2.05) is 0 Å². The molecule has 2 N–H and O–H groups in total. The number of nitro benzene ring substituents is 2. The van der Waals surface area contributed by atoms with Gasteiger partial charge < -0.3 is 10.2 Å². The number of aliphatic hydroxyl groups is 2. The van der Waals surface area contributed by atoms with Gasteiger partial charge in [-0.1, -0.05) is 24.3 Å². The average molecular weight is 408 g/mol. The lowest BCUT2D eigenvalue weighted by atomic mass is 9.97. The smallest absolute Gasteiger partial charge is 0.269 e. The van der Waals surface area contributed by atoms with Crippen LogP contribution in [0.2, 0.25) is 0 Å². The van der Waals surface area contributed by atoms with Crippen LogP contribution < -0.4 is 5.43 Å². The van der Waals surface area contributed by atoms with Gasteiger partial charge in [-0.15, -0.1) is 0 Å². The van der Waals surface area contributed by atoms with Crippen LogP contribution in [0.25, 0.3) is 0 Å². The highest BCUT2D eigenvalue weighted by atomic mass is 16.6. The topological polar surface area (TPSA) is 144 Å². The highest BCUT2D eigenvalue weighted by Gasteiger charge is 2.20. The Labute approximate surface area is 169 Å². The van der Waals surface area contributed by atoms with E-state index in [1.165, 1.54) is 72.8 Å². The molecule has 3 aromatic rings. The lowest BCUT2D eigenvalue weighted by molar-refractivity contribution is -0.385. The summed E-state index contributed by atoms with van der Waals surface area (Å²) in [5.41, 5.74) is -0.409. The normalized spacial score (nSPS) is 12.7. The van der Waals surface area contributed by atoms with E-state index in [1.54, 1.807) is 0 Å². The molecule has 0 saturated heterocycles. The van der Waals surface area contributed by atoms with Crippen LogP contribution in [0, 0.1) is 20.2 Å². The molecule has 0 aliphatic carbocycles. The van der Waals surface area contributed by atoms with Crippen molar-refractivity contribution in [2.45, 2.75) is 12.2 Å². The van der Waals surface area contributed by atoms with Crippen molar-refractivity contribution in [1.29, 1.82) is 0 Å². The van der Waals surface area contributed by atoms with Crippen LogP contribution >= 0.6 is 0 Å². The first-order valence-electron chi connectivity index (χ1n) is 8.77. The molecule has 30 heavy (non-hydrogen) atoms. The molecule has 3 aromatic carbocycles. The van der Waals surface area contributed by atoms with E-state index in [0.29, 0.717) is 0 Å². The number of non-ortho nitro benzene ring substituents is 2. The molecule has 152 valence electrons. The van der Waals surface area contributed by atoms with Crippen molar-refractivity contribution in [2.24, 2.45) is 0 Å². The van der Waals surface area contributed by atoms with E-state index in [9.17, 15) is 35.2 Å². The molecule has 0 radical (unpaired) electrons. The first kappa shape index (κ1) is 20.8. The molecule has 0 aromatic heterocycles. The number of hydrogen-bond donors (Lipinski definition) is 2. The average Bonchev–Trinajstić information content (AvgIpc) is 2.94. The first-order chi connectivity index (χ1) is 14.3. The molecular weight excluding hydrogens is 392 g/mol. The number of nitro groups is 2. The van der Waals surface area contributed by atoms with Gasteiger partial charge in [0.1, 0.15) is 12.2 Å². The van der Waals surface area contributed by atoms with Crippen molar-refractivity contribution in [3.05, 3.63) is 126 Å². The fourth-order valence-corrected chi connectivity index (χ4v) is 2.98. The van der Waals surface area contributed by atoms with Crippen LogP contribution in [-0.2, 0) is 0 Å². The van der Waals surface area contributed by atoms with Crippen LogP contribution in [0.5, 0.6) is 0 Å². The molecular formula is C21H16N2O7. The van der Waals surface area contributed by atoms with Crippen LogP contribution in [-0.4, -0.2) is 20.1 Å². The van der Waals surface area contributed by atoms with E-state index in [4.69, 9.17) is 0 Å². The number of hydrogen-bond acceptors (Lipinski definition) is 7. The second-order valence-corrected chi connectivity index (χ2v) is 6.46. The van der Waals surface area contributed by atoms with E-state index < -0.39 is 27.5 Å². The number of nitrogens with zero attached hydrogens (tertiary/aromatic N) is 2. The molecule has 9 nitrogen and oxygen atoms in total. The van der Waals surface area contributed by atoms with Crippen molar-refractivity contribution >= 4 is 11.4 Å². The van der Waals surface area contributed by atoms with Crippen molar-refractivity contribution < 1.29 is 20.1 Å². The second-order valence-electron chi connectivity index (χ2n) is 6.46. The van der Waals surface area contributed by atoms with Crippen molar-refractivity contribution in [3.63, 3.8) is 0 Å². The van der Waals surface area contributed by atoms with Gasteiger partial charge in [0.2, 0.25) is 0 Å². The maximum atomic E-state index is 13.0. The van der Waals surface area contributed by atoms with E-state index in [0.717, 1.165) is 0 Å². The van der Waals surface area contributed by atoms with Gasteiger partial charge in [-0.25, -0.2) is 0 Å². The predicted octanol–water partition coefficient (Wildman–Crippen LogP) is 3.03. The molecule has 0 aliphatic rings. The van der Waals surface area contributed by atoms with Gasteiger partial charge in [0.25, 0.3) is 11.4 Å². The summed E-state index contributed by atoms with van der Waals surface area (Å²) in [6, 6.07) is 16.1. The first-order valence-corrected chi connectivity index (χ1v) is 8.77. The van der Waals surface area contributed by atoms with Crippen molar-refractivity contribution in [2.75, 3.05) is 0 Å². The minimum absolute atomic E-state index is 0.0233. The van der Waals surface area contributed by atoms with E-state index in [-0.39, 0.29) is 33.6 Å². The van der Waals surface area contributed by atoms with Gasteiger partial charge in [0.05, 0.1) is 9.85 Å². The Kier molecular flexibility index (Phi) is 5.95. The standard InChI is InChI=1S/C21H16N2O7/c24-19(13-5-9-15(10-6-13)22(27)28)17-3-1-2-4-18(21(17)26)20(25)14-7-11-16(12-8-14)23(29)30/h1-12,19-20,24-25H/t19-,20-/m1/s1. The monoisotopic (exact) mass is 408 g/mol. The zero-order valence-corrected chi connectivity index (χ0v) is 15.4. The molecule has 9 heteroatoms. The summed E-state index contributed by atoms with van der Waals surface area (Å²) in [4.78, 5) is 33.4. The Morgan fingerprint density at radius 2 is 0.967 bits per heavy atom. The highest BCUT2D eigenvalue weighted by Crippen LogP contribution is 2.25.